The molecule has 0 aliphatic carbocycles. The largest absolute Gasteiger partial charge is 0.469 e. The van der Waals surface area contributed by atoms with Gasteiger partial charge in [-0.1, -0.05) is 23.9 Å². The Balaban J connectivity index is 1.28. The van der Waals surface area contributed by atoms with Crippen LogP contribution in [0.25, 0.3) is 11.5 Å². The molecule has 1 aromatic carbocycles. The van der Waals surface area contributed by atoms with Gasteiger partial charge in [0.1, 0.15) is 5.76 Å². The average Bonchev–Trinajstić information content (AvgIpc) is 3.35. The summed E-state index contributed by atoms with van der Waals surface area (Å²) in [5.74, 6) is 1.51. The van der Waals surface area contributed by atoms with Crippen LogP contribution in [0.2, 0.25) is 0 Å². The van der Waals surface area contributed by atoms with E-state index in [0.717, 1.165) is 37.5 Å². The van der Waals surface area contributed by atoms with E-state index < -0.39 is 0 Å². The summed E-state index contributed by atoms with van der Waals surface area (Å²) in [6.07, 6.45) is 1.58. The molecule has 1 aliphatic rings. The molecule has 0 unspecified atom stereocenters. The van der Waals surface area contributed by atoms with Gasteiger partial charge in [-0.05, 0) is 37.6 Å². The van der Waals surface area contributed by atoms with Gasteiger partial charge >= 0.3 is 0 Å². The van der Waals surface area contributed by atoms with E-state index >= 15 is 0 Å². The third-order valence-corrected chi connectivity index (χ3v) is 5.62. The highest BCUT2D eigenvalue weighted by atomic mass is 32.2. The predicted molar refractivity (Wildman–Crippen MR) is 107 cm³/mol. The topological polar surface area (TPSA) is 75.6 Å². The number of piperazine rings is 1. The van der Waals surface area contributed by atoms with Gasteiger partial charge in [0.05, 0.1) is 17.6 Å². The molecular formula is C20H22N4O3S. The summed E-state index contributed by atoms with van der Waals surface area (Å²) in [7, 11) is 0. The summed E-state index contributed by atoms with van der Waals surface area (Å²) in [6, 6.07) is 10.3. The summed E-state index contributed by atoms with van der Waals surface area (Å²) in [5.41, 5.74) is 3.24. The minimum absolute atomic E-state index is 0.0909. The molecule has 1 fully saturated rings. The molecule has 0 saturated carbocycles. The minimum atomic E-state index is 0.0909. The summed E-state index contributed by atoms with van der Waals surface area (Å²) >= 11 is 1.27. The number of carbonyl (C=O) groups is 1. The molecule has 0 radical (unpaired) electrons. The van der Waals surface area contributed by atoms with Crippen LogP contribution in [0.1, 0.15) is 11.3 Å². The molecule has 3 heterocycles. The molecule has 1 amide bonds. The number of carbonyl (C=O) groups excluding carboxylic acids is 1. The van der Waals surface area contributed by atoms with Crippen molar-refractivity contribution in [1.82, 2.24) is 15.1 Å². The Labute approximate surface area is 167 Å². The lowest BCUT2D eigenvalue weighted by atomic mass is 10.2. The van der Waals surface area contributed by atoms with Crippen molar-refractivity contribution >= 4 is 23.4 Å². The Kier molecular flexibility index (Phi) is 5.38. The fraction of sp³-hybridized carbons (Fsp3) is 0.350. The maximum absolute atomic E-state index is 12.5. The quantitative estimate of drug-likeness (QED) is 0.610. The Bertz CT molecular complexity index is 960. The summed E-state index contributed by atoms with van der Waals surface area (Å²) in [5, 5.41) is 8.44. The number of anilines is 1. The third-order valence-electron chi connectivity index (χ3n) is 4.81. The molecule has 3 aromatic rings. The molecule has 0 atom stereocenters. The van der Waals surface area contributed by atoms with Gasteiger partial charge in [0.15, 0.2) is 0 Å². The van der Waals surface area contributed by atoms with Crippen molar-refractivity contribution in [3.8, 4) is 11.5 Å². The molecule has 1 aliphatic heterocycles. The lowest BCUT2D eigenvalue weighted by Crippen LogP contribution is -2.49. The second kappa shape index (κ2) is 8.10. The van der Waals surface area contributed by atoms with E-state index in [4.69, 9.17) is 8.83 Å². The number of rotatable bonds is 5. The van der Waals surface area contributed by atoms with Crippen LogP contribution >= 0.6 is 11.8 Å². The van der Waals surface area contributed by atoms with Gasteiger partial charge in [0.25, 0.3) is 11.1 Å². The van der Waals surface area contributed by atoms with Crippen LogP contribution in [-0.2, 0) is 4.79 Å². The van der Waals surface area contributed by atoms with Crippen LogP contribution in [0, 0.1) is 13.8 Å². The van der Waals surface area contributed by atoms with E-state index in [9.17, 15) is 4.79 Å². The smallest absolute Gasteiger partial charge is 0.277 e. The van der Waals surface area contributed by atoms with Gasteiger partial charge < -0.3 is 18.6 Å². The van der Waals surface area contributed by atoms with E-state index in [0.29, 0.717) is 11.1 Å². The van der Waals surface area contributed by atoms with Crippen molar-refractivity contribution in [3.05, 3.63) is 47.9 Å². The summed E-state index contributed by atoms with van der Waals surface area (Å²) in [6.45, 7) is 7.05. The number of hydrogen-bond acceptors (Lipinski definition) is 7. The molecule has 2 aromatic heterocycles. The first kappa shape index (κ1) is 18.6. The second-order valence-corrected chi connectivity index (χ2v) is 7.69. The van der Waals surface area contributed by atoms with Gasteiger partial charge in [-0.3, -0.25) is 4.79 Å². The Morgan fingerprint density at radius 3 is 2.68 bits per heavy atom. The number of thioether (sulfide) groups is 1. The molecule has 1 saturated heterocycles. The first-order chi connectivity index (χ1) is 13.6. The molecule has 7 nitrogen and oxygen atoms in total. The highest BCUT2D eigenvalue weighted by Gasteiger charge is 2.22. The van der Waals surface area contributed by atoms with Crippen molar-refractivity contribution in [1.29, 1.82) is 0 Å². The van der Waals surface area contributed by atoms with E-state index in [-0.39, 0.29) is 11.7 Å². The zero-order valence-corrected chi connectivity index (χ0v) is 16.7. The molecular weight excluding hydrogens is 376 g/mol. The lowest BCUT2D eigenvalue weighted by molar-refractivity contribution is -0.128. The monoisotopic (exact) mass is 398 g/mol. The minimum Gasteiger partial charge on any atom is -0.469 e. The number of benzene rings is 1. The fourth-order valence-corrected chi connectivity index (χ4v) is 3.90. The summed E-state index contributed by atoms with van der Waals surface area (Å²) < 4.78 is 10.9. The molecule has 0 bridgehead atoms. The van der Waals surface area contributed by atoms with Gasteiger partial charge in [-0.15, -0.1) is 10.2 Å². The van der Waals surface area contributed by atoms with Crippen molar-refractivity contribution < 1.29 is 13.6 Å². The SMILES string of the molecule is Cc1cccc(N2CCN(C(=O)CSc3nnc(-c4ccoc4C)o3)CC2)c1. The summed E-state index contributed by atoms with van der Waals surface area (Å²) in [4.78, 5) is 16.8. The van der Waals surface area contributed by atoms with Gasteiger partial charge in [0, 0.05) is 31.9 Å². The number of furan rings is 1. The molecule has 0 spiro atoms. The zero-order chi connectivity index (χ0) is 19.5. The number of aromatic nitrogens is 2. The van der Waals surface area contributed by atoms with Crippen molar-refractivity contribution in [2.75, 3.05) is 36.8 Å². The van der Waals surface area contributed by atoms with Gasteiger partial charge in [-0.2, -0.15) is 0 Å². The third kappa shape index (κ3) is 4.06. The normalized spacial score (nSPS) is 14.5. The van der Waals surface area contributed by atoms with Crippen LogP contribution in [0.5, 0.6) is 0 Å². The predicted octanol–water partition coefficient (Wildman–Crippen LogP) is 3.39. The standard InChI is InChI=1S/C20H22N4O3S/c1-14-4-3-5-16(12-14)23-7-9-24(10-8-23)18(25)13-28-20-22-21-19(27-20)17-6-11-26-15(17)2/h3-6,11-12H,7-10,13H2,1-2H3. The Morgan fingerprint density at radius 2 is 1.96 bits per heavy atom. The van der Waals surface area contributed by atoms with E-state index in [2.05, 4.69) is 46.3 Å². The second-order valence-electron chi connectivity index (χ2n) is 6.76. The molecule has 0 N–H and O–H groups in total. The number of hydrogen-bond donors (Lipinski definition) is 0. The van der Waals surface area contributed by atoms with E-state index in [1.807, 2.05) is 11.8 Å². The highest BCUT2D eigenvalue weighted by Crippen LogP contribution is 2.26. The molecule has 4 rings (SSSR count). The van der Waals surface area contributed by atoms with Crippen molar-refractivity contribution in [2.24, 2.45) is 0 Å². The van der Waals surface area contributed by atoms with Crippen LogP contribution < -0.4 is 4.90 Å². The number of nitrogens with zero attached hydrogens (tertiary/aromatic N) is 4. The van der Waals surface area contributed by atoms with Crippen LogP contribution in [-0.4, -0.2) is 52.9 Å². The maximum atomic E-state index is 12.5. The fourth-order valence-electron chi connectivity index (χ4n) is 3.24. The van der Waals surface area contributed by atoms with Crippen LogP contribution in [0.15, 0.2) is 50.7 Å². The van der Waals surface area contributed by atoms with Crippen LogP contribution in [0.4, 0.5) is 5.69 Å². The zero-order valence-electron chi connectivity index (χ0n) is 15.9. The first-order valence-electron chi connectivity index (χ1n) is 9.20. The van der Waals surface area contributed by atoms with Crippen molar-refractivity contribution in [2.45, 2.75) is 19.1 Å². The van der Waals surface area contributed by atoms with Crippen LogP contribution in [0.3, 0.4) is 0 Å². The Hall–Kier alpha value is -2.74. The van der Waals surface area contributed by atoms with E-state index in [1.165, 1.54) is 23.0 Å². The average molecular weight is 398 g/mol. The number of aryl methyl sites for hydroxylation is 2. The number of amides is 1. The lowest BCUT2D eigenvalue weighted by Gasteiger charge is -2.36. The molecule has 28 heavy (non-hydrogen) atoms. The van der Waals surface area contributed by atoms with Gasteiger partial charge in [0.2, 0.25) is 5.91 Å². The first-order valence-corrected chi connectivity index (χ1v) is 10.2. The van der Waals surface area contributed by atoms with Crippen molar-refractivity contribution in [3.63, 3.8) is 0 Å². The highest BCUT2D eigenvalue weighted by molar-refractivity contribution is 7.99. The maximum Gasteiger partial charge on any atom is 0.277 e. The Morgan fingerprint density at radius 1 is 1.14 bits per heavy atom. The molecule has 8 heteroatoms. The van der Waals surface area contributed by atoms with E-state index in [1.54, 1.807) is 12.3 Å². The van der Waals surface area contributed by atoms with Gasteiger partial charge in [-0.25, -0.2) is 0 Å². The molecule has 146 valence electrons.